The lowest BCUT2D eigenvalue weighted by atomic mass is 10.1. The fourth-order valence-corrected chi connectivity index (χ4v) is 5.58. The molecule has 158 valence electrons. The number of ether oxygens (including phenoxy) is 1. The first-order chi connectivity index (χ1) is 14.5. The van der Waals surface area contributed by atoms with Crippen LogP contribution in [0, 0.1) is 11.3 Å². The van der Waals surface area contributed by atoms with Crippen LogP contribution in [0.5, 0.6) is 0 Å². The van der Waals surface area contributed by atoms with Crippen LogP contribution in [0.1, 0.15) is 12.0 Å². The van der Waals surface area contributed by atoms with Gasteiger partial charge in [0, 0.05) is 45.0 Å². The van der Waals surface area contributed by atoms with Gasteiger partial charge in [0.1, 0.15) is 0 Å². The SMILES string of the molecule is N#Cc1ccc(NCCCN2CC3CN(S(=O)(=O)c4ccccc4)CC(C2)O3)cc1. The largest absolute Gasteiger partial charge is 0.385 e. The van der Waals surface area contributed by atoms with Crippen molar-refractivity contribution >= 4 is 15.7 Å². The molecule has 2 aromatic carbocycles. The van der Waals surface area contributed by atoms with E-state index < -0.39 is 10.0 Å². The topological polar surface area (TPSA) is 85.7 Å². The highest BCUT2D eigenvalue weighted by atomic mass is 32.2. The maximum Gasteiger partial charge on any atom is 0.243 e. The van der Waals surface area contributed by atoms with Gasteiger partial charge in [-0.3, -0.25) is 4.90 Å². The van der Waals surface area contributed by atoms with E-state index in [0.717, 1.165) is 38.3 Å². The molecule has 0 saturated carbocycles. The minimum atomic E-state index is -3.47. The molecular formula is C22H26N4O3S. The van der Waals surface area contributed by atoms with E-state index in [9.17, 15) is 8.42 Å². The molecule has 7 nitrogen and oxygen atoms in total. The zero-order chi connectivity index (χ0) is 21.0. The van der Waals surface area contributed by atoms with Gasteiger partial charge in [-0.1, -0.05) is 18.2 Å². The van der Waals surface area contributed by atoms with Gasteiger partial charge < -0.3 is 10.1 Å². The van der Waals surface area contributed by atoms with Crippen molar-refractivity contribution in [3.05, 3.63) is 60.2 Å². The van der Waals surface area contributed by atoms with Crippen LogP contribution in [0.3, 0.4) is 0 Å². The average molecular weight is 427 g/mol. The predicted octanol–water partition coefficient (Wildman–Crippen LogP) is 2.13. The van der Waals surface area contributed by atoms with Crippen LogP contribution in [0.15, 0.2) is 59.5 Å². The maximum atomic E-state index is 12.9. The van der Waals surface area contributed by atoms with Gasteiger partial charge in [0.05, 0.1) is 28.7 Å². The zero-order valence-corrected chi connectivity index (χ0v) is 17.6. The van der Waals surface area contributed by atoms with Crippen molar-refractivity contribution in [1.82, 2.24) is 9.21 Å². The summed E-state index contributed by atoms with van der Waals surface area (Å²) in [6, 6.07) is 18.2. The molecular weight excluding hydrogens is 400 g/mol. The van der Waals surface area contributed by atoms with Crippen molar-refractivity contribution in [1.29, 1.82) is 5.26 Å². The Morgan fingerprint density at radius 1 is 1.00 bits per heavy atom. The maximum absolute atomic E-state index is 12.9. The van der Waals surface area contributed by atoms with E-state index in [4.69, 9.17) is 10.00 Å². The lowest BCUT2D eigenvalue weighted by molar-refractivity contribution is -0.122. The van der Waals surface area contributed by atoms with Gasteiger partial charge in [-0.15, -0.1) is 0 Å². The second-order valence-electron chi connectivity index (χ2n) is 7.74. The molecule has 0 spiro atoms. The molecule has 1 N–H and O–H groups in total. The number of fused-ring (bicyclic) bond motifs is 2. The molecule has 2 bridgehead atoms. The Balaban J connectivity index is 1.26. The Labute approximate surface area is 177 Å². The molecule has 0 radical (unpaired) electrons. The number of nitrogens with zero attached hydrogens (tertiary/aromatic N) is 3. The molecule has 30 heavy (non-hydrogen) atoms. The Morgan fingerprint density at radius 3 is 2.30 bits per heavy atom. The first kappa shape index (κ1) is 20.8. The molecule has 0 amide bonds. The van der Waals surface area contributed by atoms with Crippen molar-refractivity contribution in [2.45, 2.75) is 23.5 Å². The number of morpholine rings is 2. The van der Waals surface area contributed by atoms with Gasteiger partial charge in [0.2, 0.25) is 10.0 Å². The highest BCUT2D eigenvalue weighted by Crippen LogP contribution is 2.25. The monoisotopic (exact) mass is 426 g/mol. The van der Waals surface area contributed by atoms with Gasteiger partial charge in [-0.2, -0.15) is 9.57 Å². The summed E-state index contributed by atoms with van der Waals surface area (Å²) >= 11 is 0. The Bertz CT molecular complexity index is 975. The number of nitriles is 1. The van der Waals surface area contributed by atoms with E-state index in [1.165, 1.54) is 0 Å². The third-order valence-electron chi connectivity index (χ3n) is 5.50. The molecule has 2 unspecified atom stereocenters. The van der Waals surface area contributed by atoms with Gasteiger partial charge in [0.15, 0.2) is 0 Å². The molecule has 2 aromatic rings. The number of hydrogen-bond acceptors (Lipinski definition) is 6. The molecule has 2 heterocycles. The standard InChI is InChI=1S/C22H26N4O3S/c23-13-18-7-9-19(10-8-18)24-11-4-12-25-14-20-16-26(17-21(15-25)29-20)30(27,28)22-5-2-1-3-6-22/h1-3,5-10,20-21,24H,4,11-12,14-17H2. The summed E-state index contributed by atoms with van der Waals surface area (Å²) in [6.07, 6.45) is 0.788. The van der Waals surface area contributed by atoms with Crippen LogP contribution >= 0.6 is 0 Å². The summed E-state index contributed by atoms with van der Waals surface area (Å²) in [5.74, 6) is 0. The number of rotatable bonds is 7. The number of sulfonamides is 1. The second-order valence-corrected chi connectivity index (χ2v) is 9.68. The second kappa shape index (κ2) is 9.14. The van der Waals surface area contributed by atoms with Crippen LogP contribution in [0.2, 0.25) is 0 Å². The minimum absolute atomic E-state index is 0.0949. The fourth-order valence-electron chi connectivity index (χ4n) is 4.06. The normalized spacial score (nSPS) is 22.4. The van der Waals surface area contributed by atoms with E-state index in [1.54, 1.807) is 40.7 Å². The molecule has 2 saturated heterocycles. The lowest BCUT2D eigenvalue weighted by Crippen LogP contribution is -2.60. The summed E-state index contributed by atoms with van der Waals surface area (Å²) < 4.78 is 33.4. The van der Waals surface area contributed by atoms with E-state index in [2.05, 4.69) is 16.3 Å². The lowest BCUT2D eigenvalue weighted by Gasteiger charge is -2.45. The first-order valence-corrected chi connectivity index (χ1v) is 11.7. The predicted molar refractivity (Wildman–Crippen MR) is 115 cm³/mol. The summed E-state index contributed by atoms with van der Waals surface area (Å²) in [6.45, 7) is 4.06. The molecule has 2 aliphatic rings. The van der Waals surface area contributed by atoms with E-state index >= 15 is 0 Å². The van der Waals surface area contributed by atoms with Crippen molar-refractivity contribution in [3.63, 3.8) is 0 Å². The van der Waals surface area contributed by atoms with Gasteiger partial charge in [-0.25, -0.2) is 8.42 Å². The van der Waals surface area contributed by atoms with Crippen LogP contribution in [0.25, 0.3) is 0 Å². The number of nitrogens with one attached hydrogen (secondary N) is 1. The van der Waals surface area contributed by atoms with Crippen molar-refractivity contribution in [3.8, 4) is 6.07 Å². The van der Waals surface area contributed by atoms with Gasteiger partial charge in [-0.05, 0) is 42.8 Å². The summed E-state index contributed by atoms with van der Waals surface area (Å²) in [7, 11) is -3.47. The quantitative estimate of drug-likeness (QED) is 0.683. The number of hydrogen-bond donors (Lipinski definition) is 1. The number of benzene rings is 2. The van der Waals surface area contributed by atoms with Crippen LogP contribution in [-0.4, -0.2) is 69.1 Å². The molecule has 2 aliphatic heterocycles. The van der Waals surface area contributed by atoms with Crippen LogP contribution in [-0.2, 0) is 14.8 Å². The Kier molecular flexibility index (Phi) is 6.35. The fraction of sp³-hybridized carbons (Fsp3) is 0.409. The zero-order valence-electron chi connectivity index (χ0n) is 16.8. The van der Waals surface area contributed by atoms with E-state index in [1.807, 2.05) is 18.2 Å². The minimum Gasteiger partial charge on any atom is -0.385 e. The third kappa shape index (κ3) is 4.82. The highest BCUT2D eigenvalue weighted by molar-refractivity contribution is 7.89. The van der Waals surface area contributed by atoms with Crippen molar-refractivity contribution in [2.24, 2.45) is 0 Å². The molecule has 8 heteroatoms. The molecule has 2 atom stereocenters. The summed E-state index contributed by atoms with van der Waals surface area (Å²) in [5, 5.41) is 12.2. The Hall–Kier alpha value is -2.44. The molecule has 4 rings (SSSR count). The van der Waals surface area contributed by atoms with Crippen LogP contribution < -0.4 is 5.32 Å². The van der Waals surface area contributed by atoms with E-state index in [0.29, 0.717) is 23.5 Å². The average Bonchev–Trinajstić information content (AvgIpc) is 2.77. The molecule has 2 fully saturated rings. The van der Waals surface area contributed by atoms with Crippen molar-refractivity contribution < 1.29 is 13.2 Å². The van der Waals surface area contributed by atoms with Gasteiger partial charge >= 0.3 is 0 Å². The number of anilines is 1. The first-order valence-electron chi connectivity index (χ1n) is 10.2. The Morgan fingerprint density at radius 2 is 1.67 bits per heavy atom. The van der Waals surface area contributed by atoms with Gasteiger partial charge in [0.25, 0.3) is 0 Å². The summed E-state index contributed by atoms with van der Waals surface area (Å²) in [4.78, 5) is 2.71. The van der Waals surface area contributed by atoms with Crippen molar-refractivity contribution in [2.75, 3.05) is 44.6 Å². The third-order valence-corrected chi connectivity index (χ3v) is 7.34. The smallest absolute Gasteiger partial charge is 0.243 e. The van der Waals surface area contributed by atoms with Crippen LogP contribution in [0.4, 0.5) is 5.69 Å². The molecule has 0 aliphatic carbocycles. The van der Waals surface area contributed by atoms with E-state index in [-0.39, 0.29) is 12.2 Å². The molecule has 0 aromatic heterocycles. The highest BCUT2D eigenvalue weighted by Gasteiger charge is 2.39. The summed E-state index contributed by atoms with van der Waals surface area (Å²) in [5.41, 5.74) is 1.67.